The molecule has 2 aliphatic rings. The largest absolute Gasteiger partial charge is 0.493 e. The summed E-state index contributed by atoms with van der Waals surface area (Å²) in [5.74, 6) is 1.88. The Morgan fingerprint density at radius 3 is 2.66 bits per heavy atom. The van der Waals surface area contributed by atoms with Crippen molar-refractivity contribution < 1.29 is 14.3 Å². The number of aryl methyl sites for hydroxylation is 2. The molecule has 5 heteroatoms. The molecule has 172 valence electrons. The van der Waals surface area contributed by atoms with Crippen LogP contribution in [0.4, 0.5) is 0 Å². The summed E-state index contributed by atoms with van der Waals surface area (Å²) in [7, 11) is 0. The lowest BCUT2D eigenvalue weighted by molar-refractivity contribution is -0.122. The molecule has 4 rings (SSSR count). The number of rotatable bonds is 10. The SMILES string of the molecule is CCc1ccc(OCCC(=O)NC(Cc2ccc3c(c2)OCCC3)CN2CCCC2)cc1. The Bertz CT molecular complexity index is 875. The molecule has 0 saturated carbocycles. The van der Waals surface area contributed by atoms with E-state index in [0.717, 1.165) is 63.4 Å². The van der Waals surface area contributed by atoms with Crippen LogP contribution in [0.5, 0.6) is 11.5 Å². The highest BCUT2D eigenvalue weighted by atomic mass is 16.5. The van der Waals surface area contributed by atoms with Gasteiger partial charge in [-0.05, 0) is 86.5 Å². The van der Waals surface area contributed by atoms with Gasteiger partial charge in [-0.2, -0.15) is 0 Å². The first-order valence-electron chi connectivity index (χ1n) is 12.2. The number of hydrogen-bond donors (Lipinski definition) is 1. The van der Waals surface area contributed by atoms with E-state index in [1.165, 1.54) is 29.5 Å². The van der Waals surface area contributed by atoms with Gasteiger partial charge in [0.1, 0.15) is 11.5 Å². The van der Waals surface area contributed by atoms with E-state index in [-0.39, 0.29) is 11.9 Å². The van der Waals surface area contributed by atoms with Crippen LogP contribution in [0.3, 0.4) is 0 Å². The van der Waals surface area contributed by atoms with Crippen molar-refractivity contribution in [3.05, 3.63) is 59.2 Å². The standard InChI is InChI=1S/C27H36N2O3/c1-2-21-8-11-25(12-9-21)31-17-13-27(30)28-24(20-29-14-3-4-15-29)18-22-7-10-23-6-5-16-32-26(23)19-22/h7-12,19,24H,2-6,13-18,20H2,1H3,(H,28,30). The van der Waals surface area contributed by atoms with Crippen LogP contribution < -0.4 is 14.8 Å². The summed E-state index contributed by atoms with van der Waals surface area (Å²) in [4.78, 5) is 15.2. The molecule has 1 fully saturated rings. The quantitative estimate of drug-likeness (QED) is 0.607. The van der Waals surface area contributed by atoms with Gasteiger partial charge in [-0.3, -0.25) is 4.79 Å². The van der Waals surface area contributed by atoms with Crippen molar-refractivity contribution in [3.8, 4) is 11.5 Å². The molecule has 32 heavy (non-hydrogen) atoms. The fourth-order valence-electron chi connectivity index (χ4n) is 4.62. The Morgan fingerprint density at radius 1 is 1.09 bits per heavy atom. The van der Waals surface area contributed by atoms with E-state index in [0.29, 0.717) is 13.0 Å². The number of hydrogen-bond acceptors (Lipinski definition) is 4. The van der Waals surface area contributed by atoms with Gasteiger partial charge in [0, 0.05) is 12.6 Å². The van der Waals surface area contributed by atoms with Gasteiger partial charge in [0.2, 0.25) is 5.91 Å². The predicted molar refractivity (Wildman–Crippen MR) is 127 cm³/mol. The van der Waals surface area contributed by atoms with Crippen molar-refractivity contribution in [1.29, 1.82) is 0 Å². The van der Waals surface area contributed by atoms with Crippen LogP contribution in [0.2, 0.25) is 0 Å². The minimum Gasteiger partial charge on any atom is -0.493 e. The zero-order valence-electron chi connectivity index (χ0n) is 19.3. The number of fused-ring (bicyclic) bond motifs is 1. The highest BCUT2D eigenvalue weighted by Crippen LogP contribution is 2.26. The van der Waals surface area contributed by atoms with Crippen LogP contribution in [-0.4, -0.2) is 49.7 Å². The van der Waals surface area contributed by atoms with Crippen LogP contribution in [0.1, 0.15) is 49.3 Å². The molecule has 0 bridgehead atoms. The van der Waals surface area contributed by atoms with Crippen molar-refractivity contribution in [1.82, 2.24) is 10.2 Å². The van der Waals surface area contributed by atoms with Gasteiger partial charge >= 0.3 is 0 Å². The summed E-state index contributed by atoms with van der Waals surface area (Å²) in [6.45, 7) is 6.46. The number of likely N-dealkylation sites (tertiary alicyclic amines) is 1. The van der Waals surface area contributed by atoms with Gasteiger partial charge in [0.25, 0.3) is 0 Å². The Hall–Kier alpha value is -2.53. The van der Waals surface area contributed by atoms with E-state index >= 15 is 0 Å². The third-order valence-electron chi connectivity index (χ3n) is 6.43. The normalized spacial score (nSPS) is 16.8. The van der Waals surface area contributed by atoms with E-state index in [1.807, 2.05) is 12.1 Å². The Kier molecular flexibility index (Phi) is 8.05. The zero-order valence-corrected chi connectivity index (χ0v) is 19.3. The molecule has 1 amide bonds. The average molecular weight is 437 g/mol. The molecule has 1 unspecified atom stereocenters. The van der Waals surface area contributed by atoms with E-state index in [4.69, 9.17) is 9.47 Å². The van der Waals surface area contributed by atoms with E-state index < -0.39 is 0 Å². The first-order chi connectivity index (χ1) is 15.7. The molecular formula is C27H36N2O3. The lowest BCUT2D eigenvalue weighted by atomic mass is 9.99. The highest BCUT2D eigenvalue weighted by molar-refractivity contribution is 5.76. The second-order valence-electron chi connectivity index (χ2n) is 8.97. The molecule has 1 N–H and O–H groups in total. The van der Waals surface area contributed by atoms with E-state index in [1.54, 1.807) is 0 Å². The molecular weight excluding hydrogens is 400 g/mol. The number of carbonyl (C=O) groups is 1. The van der Waals surface area contributed by atoms with Gasteiger partial charge < -0.3 is 19.7 Å². The summed E-state index contributed by atoms with van der Waals surface area (Å²) in [6, 6.07) is 14.7. The number of carbonyl (C=O) groups excluding carboxylic acids is 1. The average Bonchev–Trinajstić information content (AvgIpc) is 3.32. The molecule has 5 nitrogen and oxygen atoms in total. The van der Waals surface area contributed by atoms with Crippen LogP contribution in [0, 0.1) is 0 Å². The maximum absolute atomic E-state index is 12.7. The predicted octanol–water partition coefficient (Wildman–Crippen LogP) is 4.17. The Balaban J connectivity index is 1.31. The lowest BCUT2D eigenvalue weighted by Crippen LogP contribution is -2.44. The van der Waals surface area contributed by atoms with E-state index in [2.05, 4.69) is 47.5 Å². The van der Waals surface area contributed by atoms with Crippen LogP contribution in [-0.2, 0) is 24.1 Å². The molecule has 0 aromatic heterocycles. The van der Waals surface area contributed by atoms with Crippen molar-refractivity contribution >= 4 is 5.91 Å². The summed E-state index contributed by atoms with van der Waals surface area (Å²) < 4.78 is 11.6. The fourth-order valence-corrected chi connectivity index (χ4v) is 4.62. The number of amides is 1. The van der Waals surface area contributed by atoms with Gasteiger partial charge in [-0.1, -0.05) is 31.2 Å². The lowest BCUT2D eigenvalue weighted by Gasteiger charge is -2.25. The molecule has 2 aromatic carbocycles. The minimum atomic E-state index is 0.0496. The molecule has 0 aliphatic carbocycles. The maximum Gasteiger partial charge on any atom is 0.223 e. The van der Waals surface area contributed by atoms with Crippen LogP contribution in [0.25, 0.3) is 0 Å². The second-order valence-corrected chi connectivity index (χ2v) is 8.97. The van der Waals surface area contributed by atoms with Crippen molar-refractivity contribution in [2.45, 2.75) is 57.9 Å². The van der Waals surface area contributed by atoms with Gasteiger partial charge in [-0.15, -0.1) is 0 Å². The van der Waals surface area contributed by atoms with Crippen molar-refractivity contribution in [2.75, 3.05) is 32.8 Å². The molecule has 0 radical (unpaired) electrons. The molecule has 2 aliphatic heterocycles. The highest BCUT2D eigenvalue weighted by Gasteiger charge is 2.21. The fraction of sp³-hybridized carbons (Fsp3) is 0.519. The number of nitrogens with zero attached hydrogens (tertiary/aromatic N) is 1. The zero-order chi connectivity index (χ0) is 22.2. The number of benzene rings is 2. The van der Waals surface area contributed by atoms with Gasteiger partial charge in [0.15, 0.2) is 0 Å². The number of ether oxygens (including phenoxy) is 2. The molecule has 1 atom stereocenters. The number of nitrogens with one attached hydrogen (secondary N) is 1. The molecule has 1 saturated heterocycles. The topological polar surface area (TPSA) is 50.8 Å². The van der Waals surface area contributed by atoms with Crippen molar-refractivity contribution in [3.63, 3.8) is 0 Å². The second kappa shape index (κ2) is 11.4. The third-order valence-corrected chi connectivity index (χ3v) is 6.43. The monoisotopic (exact) mass is 436 g/mol. The summed E-state index contributed by atoms with van der Waals surface area (Å²) in [6.07, 6.45) is 6.86. The summed E-state index contributed by atoms with van der Waals surface area (Å²) in [5.41, 5.74) is 3.80. The summed E-state index contributed by atoms with van der Waals surface area (Å²) >= 11 is 0. The maximum atomic E-state index is 12.7. The smallest absolute Gasteiger partial charge is 0.223 e. The molecule has 2 aromatic rings. The summed E-state index contributed by atoms with van der Waals surface area (Å²) in [5, 5.41) is 3.28. The van der Waals surface area contributed by atoms with E-state index in [9.17, 15) is 4.79 Å². The molecule has 2 heterocycles. The van der Waals surface area contributed by atoms with Gasteiger partial charge in [0.05, 0.1) is 19.6 Å². The van der Waals surface area contributed by atoms with Crippen LogP contribution >= 0.6 is 0 Å². The Labute approximate surface area is 192 Å². The van der Waals surface area contributed by atoms with Gasteiger partial charge in [-0.25, -0.2) is 0 Å². The molecule has 0 spiro atoms. The first-order valence-corrected chi connectivity index (χ1v) is 12.2. The van der Waals surface area contributed by atoms with Crippen LogP contribution in [0.15, 0.2) is 42.5 Å². The first kappa shape index (κ1) is 22.7. The van der Waals surface area contributed by atoms with Crippen molar-refractivity contribution in [2.24, 2.45) is 0 Å². The third kappa shape index (κ3) is 6.49. The minimum absolute atomic E-state index is 0.0496. The Morgan fingerprint density at radius 2 is 1.88 bits per heavy atom.